The van der Waals surface area contributed by atoms with Crippen molar-refractivity contribution in [3.05, 3.63) is 12.4 Å². The molecule has 0 spiro atoms. The number of halogens is 1. The van der Waals surface area contributed by atoms with E-state index < -0.39 is 6.08 Å². The lowest BCUT2D eigenvalue weighted by molar-refractivity contribution is 0.122. The Morgan fingerprint density at radius 3 is 2.82 bits per heavy atom. The average Bonchev–Trinajstić information content (AvgIpc) is 2.72. The smallest absolute Gasteiger partial charge is 0.312 e. The van der Waals surface area contributed by atoms with Crippen LogP contribution in [0.4, 0.5) is 10.2 Å². The van der Waals surface area contributed by atoms with E-state index in [2.05, 4.69) is 15.0 Å². The first-order valence-electron chi connectivity index (χ1n) is 5.43. The third-order valence-corrected chi connectivity index (χ3v) is 2.82. The summed E-state index contributed by atoms with van der Waals surface area (Å²) in [6.45, 7) is 2.64. The van der Waals surface area contributed by atoms with E-state index in [0.717, 1.165) is 0 Å². The van der Waals surface area contributed by atoms with E-state index in [1.54, 1.807) is 17.9 Å². The van der Waals surface area contributed by atoms with Gasteiger partial charge in [-0.3, -0.25) is 0 Å². The zero-order chi connectivity index (χ0) is 11.8. The van der Waals surface area contributed by atoms with Gasteiger partial charge in [0.15, 0.2) is 17.0 Å². The predicted octanol–water partition coefficient (Wildman–Crippen LogP) is 0.339. The molecule has 17 heavy (non-hydrogen) atoms. The summed E-state index contributed by atoms with van der Waals surface area (Å²) in [4.78, 5) is 13.8. The molecular formula is C10H12FN5O. The lowest BCUT2D eigenvalue weighted by atomic mass is 10.4. The fourth-order valence-corrected chi connectivity index (χ4v) is 1.96. The van der Waals surface area contributed by atoms with Crippen molar-refractivity contribution >= 4 is 17.0 Å². The van der Waals surface area contributed by atoms with Crippen LogP contribution in [0.15, 0.2) is 6.33 Å². The van der Waals surface area contributed by atoms with Crippen molar-refractivity contribution in [1.29, 1.82) is 0 Å². The van der Waals surface area contributed by atoms with Crippen LogP contribution in [0.3, 0.4) is 0 Å². The van der Waals surface area contributed by atoms with Crippen molar-refractivity contribution in [1.82, 2.24) is 19.5 Å². The molecule has 0 radical (unpaired) electrons. The Labute approximate surface area is 97.0 Å². The van der Waals surface area contributed by atoms with Crippen LogP contribution in [0, 0.1) is 6.08 Å². The molecule has 1 aliphatic heterocycles. The van der Waals surface area contributed by atoms with Gasteiger partial charge >= 0.3 is 6.08 Å². The summed E-state index contributed by atoms with van der Waals surface area (Å²) >= 11 is 0. The van der Waals surface area contributed by atoms with Gasteiger partial charge < -0.3 is 14.2 Å². The van der Waals surface area contributed by atoms with Gasteiger partial charge in [0.25, 0.3) is 0 Å². The van der Waals surface area contributed by atoms with Gasteiger partial charge in [-0.1, -0.05) is 0 Å². The van der Waals surface area contributed by atoms with E-state index >= 15 is 0 Å². The summed E-state index contributed by atoms with van der Waals surface area (Å²) in [5.74, 6) is 0.552. The first-order valence-corrected chi connectivity index (χ1v) is 5.43. The Hall–Kier alpha value is -1.76. The van der Waals surface area contributed by atoms with E-state index in [1.165, 1.54) is 0 Å². The molecule has 0 amide bonds. The predicted molar refractivity (Wildman–Crippen MR) is 59.3 cm³/mol. The number of nitrogens with zero attached hydrogens (tertiary/aromatic N) is 5. The quantitative estimate of drug-likeness (QED) is 0.669. The number of aromatic nitrogens is 4. The Morgan fingerprint density at radius 2 is 2.06 bits per heavy atom. The fourth-order valence-electron chi connectivity index (χ4n) is 1.96. The van der Waals surface area contributed by atoms with Crippen LogP contribution in [0.1, 0.15) is 0 Å². The highest BCUT2D eigenvalue weighted by Crippen LogP contribution is 2.22. The maximum Gasteiger partial charge on any atom is 0.312 e. The van der Waals surface area contributed by atoms with Gasteiger partial charge in [-0.2, -0.15) is 14.4 Å². The summed E-state index contributed by atoms with van der Waals surface area (Å²) < 4.78 is 20.3. The van der Waals surface area contributed by atoms with E-state index in [9.17, 15) is 4.39 Å². The molecule has 0 bridgehead atoms. The second-order valence-corrected chi connectivity index (χ2v) is 3.94. The highest BCUT2D eigenvalue weighted by Gasteiger charge is 2.19. The van der Waals surface area contributed by atoms with Gasteiger partial charge in [0.1, 0.15) is 0 Å². The maximum absolute atomic E-state index is 13.4. The molecule has 1 saturated heterocycles. The summed E-state index contributed by atoms with van der Waals surface area (Å²) in [5, 5.41) is 0. The molecule has 1 fully saturated rings. The van der Waals surface area contributed by atoms with E-state index in [-0.39, 0.29) is 0 Å². The van der Waals surface area contributed by atoms with Crippen LogP contribution >= 0.6 is 0 Å². The monoisotopic (exact) mass is 237 g/mol. The summed E-state index contributed by atoms with van der Waals surface area (Å²) in [6, 6.07) is 0. The number of hydrogen-bond donors (Lipinski definition) is 0. The molecule has 3 rings (SSSR count). The normalized spacial score (nSPS) is 16.7. The molecule has 2 aromatic heterocycles. The van der Waals surface area contributed by atoms with Crippen LogP contribution in [0.5, 0.6) is 0 Å². The molecule has 6 nitrogen and oxygen atoms in total. The third-order valence-electron chi connectivity index (χ3n) is 2.82. The lowest BCUT2D eigenvalue weighted by Gasteiger charge is -2.27. The maximum atomic E-state index is 13.4. The Balaban J connectivity index is 2.13. The molecule has 0 N–H and O–H groups in total. The van der Waals surface area contributed by atoms with Crippen LogP contribution in [-0.2, 0) is 11.8 Å². The minimum Gasteiger partial charge on any atom is -0.378 e. The van der Waals surface area contributed by atoms with Crippen LogP contribution < -0.4 is 4.90 Å². The molecule has 7 heteroatoms. The number of hydrogen-bond acceptors (Lipinski definition) is 5. The zero-order valence-corrected chi connectivity index (χ0v) is 9.43. The fraction of sp³-hybridized carbons (Fsp3) is 0.500. The SMILES string of the molecule is Cn1cnc2c(N3CCOCC3)nc(F)nc21. The zero-order valence-electron chi connectivity index (χ0n) is 9.43. The van der Waals surface area contributed by atoms with Crippen molar-refractivity contribution in [2.75, 3.05) is 31.2 Å². The first-order chi connectivity index (χ1) is 8.25. The second-order valence-electron chi connectivity index (χ2n) is 3.94. The molecule has 0 aromatic carbocycles. The number of fused-ring (bicyclic) bond motifs is 1. The van der Waals surface area contributed by atoms with Gasteiger partial charge in [0.05, 0.1) is 19.5 Å². The van der Waals surface area contributed by atoms with E-state index in [4.69, 9.17) is 4.74 Å². The number of anilines is 1. The van der Waals surface area contributed by atoms with Gasteiger partial charge in [-0.25, -0.2) is 4.98 Å². The molecule has 0 atom stereocenters. The Morgan fingerprint density at radius 1 is 1.29 bits per heavy atom. The summed E-state index contributed by atoms with van der Waals surface area (Å²) in [5.41, 5.74) is 1.15. The molecule has 0 aliphatic carbocycles. The summed E-state index contributed by atoms with van der Waals surface area (Å²) in [7, 11) is 1.78. The van der Waals surface area contributed by atoms with Crippen LogP contribution in [0.2, 0.25) is 0 Å². The molecule has 3 heterocycles. The van der Waals surface area contributed by atoms with Crippen molar-refractivity contribution in [3.8, 4) is 0 Å². The number of imidazole rings is 1. The van der Waals surface area contributed by atoms with Gasteiger partial charge in [0.2, 0.25) is 0 Å². The lowest BCUT2D eigenvalue weighted by Crippen LogP contribution is -2.37. The highest BCUT2D eigenvalue weighted by molar-refractivity contribution is 5.83. The molecule has 0 saturated carbocycles. The number of aryl methyl sites for hydroxylation is 1. The molecule has 0 unspecified atom stereocenters. The minimum absolute atomic E-state index is 0.513. The number of ether oxygens (including phenoxy) is 1. The highest BCUT2D eigenvalue weighted by atomic mass is 19.1. The standard InChI is InChI=1S/C10H12FN5O/c1-15-6-12-7-8(15)13-10(11)14-9(7)16-2-4-17-5-3-16/h6H,2-5H2,1H3. The van der Waals surface area contributed by atoms with Gasteiger partial charge in [-0.05, 0) is 0 Å². The summed E-state index contributed by atoms with van der Waals surface area (Å²) in [6.07, 6.45) is 0.894. The molecule has 90 valence electrons. The molecule has 2 aromatic rings. The van der Waals surface area contributed by atoms with Crippen molar-refractivity contribution in [2.45, 2.75) is 0 Å². The van der Waals surface area contributed by atoms with E-state index in [1.807, 2.05) is 4.90 Å². The topological polar surface area (TPSA) is 56.1 Å². The van der Waals surface area contributed by atoms with Crippen molar-refractivity contribution in [2.24, 2.45) is 7.05 Å². The third kappa shape index (κ3) is 1.72. The van der Waals surface area contributed by atoms with Crippen molar-refractivity contribution in [3.63, 3.8) is 0 Å². The molecule has 1 aliphatic rings. The van der Waals surface area contributed by atoms with Crippen molar-refractivity contribution < 1.29 is 9.13 Å². The number of morpholine rings is 1. The Kier molecular flexibility index (Phi) is 2.40. The van der Waals surface area contributed by atoms with E-state index in [0.29, 0.717) is 43.3 Å². The Bertz CT molecular complexity index is 549. The minimum atomic E-state index is -0.720. The first kappa shape index (κ1) is 10.4. The van der Waals surface area contributed by atoms with Gasteiger partial charge in [0, 0.05) is 20.1 Å². The van der Waals surface area contributed by atoms with Crippen LogP contribution in [0.25, 0.3) is 11.2 Å². The van der Waals surface area contributed by atoms with Gasteiger partial charge in [-0.15, -0.1) is 0 Å². The largest absolute Gasteiger partial charge is 0.378 e. The molecular weight excluding hydrogens is 225 g/mol. The van der Waals surface area contributed by atoms with Crippen LogP contribution in [-0.4, -0.2) is 45.8 Å². The number of rotatable bonds is 1. The second kappa shape index (κ2) is 3.92. The average molecular weight is 237 g/mol.